The second kappa shape index (κ2) is 16.7. The van der Waals surface area contributed by atoms with E-state index < -0.39 is 47.9 Å². The van der Waals surface area contributed by atoms with E-state index in [-0.39, 0.29) is 18.3 Å². The smallest absolute Gasteiger partial charge is 0.326 e. The summed E-state index contributed by atoms with van der Waals surface area (Å²) >= 11 is 1.53. The molecule has 0 spiro atoms. The molecule has 0 radical (unpaired) electrons. The molecular formula is C22H43N5O5S. The normalized spacial score (nSPS) is 15.8. The van der Waals surface area contributed by atoms with Gasteiger partial charge in [0.15, 0.2) is 0 Å². The number of nitrogens with one attached hydrogen (secondary N) is 3. The first-order valence-corrected chi connectivity index (χ1v) is 13.0. The zero-order chi connectivity index (χ0) is 25.6. The van der Waals surface area contributed by atoms with Gasteiger partial charge in [-0.15, -0.1) is 0 Å². The Balaban J connectivity index is 5.35. The third kappa shape index (κ3) is 11.7. The van der Waals surface area contributed by atoms with Crippen LogP contribution < -0.4 is 27.4 Å². The molecule has 33 heavy (non-hydrogen) atoms. The van der Waals surface area contributed by atoms with Crippen LogP contribution in [0.15, 0.2) is 0 Å². The first kappa shape index (κ1) is 31.1. The fraction of sp³-hybridized carbons (Fsp3) is 0.818. The summed E-state index contributed by atoms with van der Waals surface area (Å²) in [5.41, 5.74) is 11.5. The Morgan fingerprint density at radius 3 is 2.00 bits per heavy atom. The maximum atomic E-state index is 13.0. The molecule has 0 aromatic heterocycles. The average Bonchev–Trinajstić information content (AvgIpc) is 2.77. The van der Waals surface area contributed by atoms with Crippen LogP contribution in [0.5, 0.6) is 0 Å². The van der Waals surface area contributed by atoms with Crippen LogP contribution in [-0.4, -0.2) is 71.5 Å². The molecular weight excluding hydrogens is 446 g/mol. The molecule has 192 valence electrons. The molecule has 11 heteroatoms. The monoisotopic (exact) mass is 489 g/mol. The second-order valence-electron chi connectivity index (χ2n) is 8.67. The standard InChI is InChI=1S/C22H43N5O5S/c1-6-14(4)17(24)20(29)25-15(10-12-33-5)19(28)27-18(13(2)3)21(30)26-16(22(31)32)9-7-8-11-23/h13-18H,6-12,23-24H2,1-5H3,(H,25,29)(H,26,30)(H,27,28)(H,31,32). The van der Waals surface area contributed by atoms with Gasteiger partial charge in [0.25, 0.3) is 0 Å². The first-order chi connectivity index (χ1) is 15.5. The van der Waals surface area contributed by atoms with E-state index in [4.69, 9.17) is 11.5 Å². The van der Waals surface area contributed by atoms with Gasteiger partial charge in [0.05, 0.1) is 6.04 Å². The molecule has 0 saturated heterocycles. The van der Waals surface area contributed by atoms with Gasteiger partial charge >= 0.3 is 5.97 Å². The van der Waals surface area contributed by atoms with Crippen molar-refractivity contribution in [3.8, 4) is 0 Å². The summed E-state index contributed by atoms with van der Waals surface area (Å²) in [6, 6.07) is -3.61. The highest BCUT2D eigenvalue weighted by Crippen LogP contribution is 2.10. The third-order valence-electron chi connectivity index (χ3n) is 5.61. The summed E-state index contributed by atoms with van der Waals surface area (Å²) in [5, 5.41) is 17.4. The Kier molecular flexibility index (Phi) is 15.8. The quantitative estimate of drug-likeness (QED) is 0.159. The highest BCUT2D eigenvalue weighted by Gasteiger charge is 2.32. The predicted octanol–water partition coefficient (Wildman–Crippen LogP) is 0.437. The molecule has 8 N–H and O–H groups in total. The lowest BCUT2D eigenvalue weighted by Gasteiger charge is -2.27. The molecule has 0 aromatic rings. The van der Waals surface area contributed by atoms with Crippen LogP contribution in [-0.2, 0) is 19.2 Å². The highest BCUT2D eigenvalue weighted by molar-refractivity contribution is 7.98. The van der Waals surface area contributed by atoms with Crippen LogP contribution in [0.25, 0.3) is 0 Å². The van der Waals surface area contributed by atoms with Gasteiger partial charge in [-0.2, -0.15) is 11.8 Å². The van der Waals surface area contributed by atoms with Crippen molar-refractivity contribution in [2.75, 3.05) is 18.6 Å². The molecule has 0 heterocycles. The Morgan fingerprint density at radius 2 is 1.52 bits per heavy atom. The minimum Gasteiger partial charge on any atom is -0.480 e. The molecule has 5 unspecified atom stereocenters. The summed E-state index contributed by atoms with van der Waals surface area (Å²) in [7, 11) is 0. The molecule has 10 nitrogen and oxygen atoms in total. The fourth-order valence-corrected chi connectivity index (χ4v) is 3.56. The number of carboxylic acid groups (broad SMARTS) is 1. The Labute approximate surface area is 201 Å². The number of carbonyl (C=O) groups is 4. The van der Waals surface area contributed by atoms with Gasteiger partial charge in [-0.1, -0.05) is 34.1 Å². The molecule has 0 aromatic carbocycles. The number of rotatable bonds is 17. The molecule has 0 rings (SSSR count). The largest absolute Gasteiger partial charge is 0.480 e. The third-order valence-corrected chi connectivity index (χ3v) is 6.26. The number of aliphatic carboxylic acids is 1. The molecule has 0 bridgehead atoms. The van der Waals surface area contributed by atoms with E-state index in [9.17, 15) is 24.3 Å². The number of hydrogen-bond acceptors (Lipinski definition) is 7. The molecule has 0 aliphatic heterocycles. The van der Waals surface area contributed by atoms with E-state index in [0.29, 0.717) is 31.6 Å². The minimum atomic E-state index is -1.14. The summed E-state index contributed by atoms with van der Waals surface area (Å²) in [6.45, 7) is 7.75. The van der Waals surface area contributed by atoms with E-state index in [0.717, 1.165) is 6.42 Å². The van der Waals surface area contributed by atoms with Gasteiger partial charge < -0.3 is 32.5 Å². The zero-order valence-electron chi connectivity index (χ0n) is 20.6. The maximum Gasteiger partial charge on any atom is 0.326 e. The average molecular weight is 490 g/mol. The summed E-state index contributed by atoms with van der Waals surface area (Å²) < 4.78 is 0. The van der Waals surface area contributed by atoms with Gasteiger partial charge in [-0.25, -0.2) is 4.79 Å². The van der Waals surface area contributed by atoms with Crippen molar-refractivity contribution >= 4 is 35.5 Å². The van der Waals surface area contributed by atoms with Crippen molar-refractivity contribution in [3.05, 3.63) is 0 Å². The van der Waals surface area contributed by atoms with Crippen LogP contribution in [0, 0.1) is 11.8 Å². The number of carbonyl (C=O) groups excluding carboxylic acids is 3. The van der Waals surface area contributed by atoms with Gasteiger partial charge in [-0.3, -0.25) is 14.4 Å². The lowest BCUT2D eigenvalue weighted by Crippen LogP contribution is -2.59. The van der Waals surface area contributed by atoms with E-state index in [1.54, 1.807) is 13.8 Å². The van der Waals surface area contributed by atoms with Crippen molar-refractivity contribution in [1.82, 2.24) is 16.0 Å². The summed E-state index contributed by atoms with van der Waals surface area (Å²) in [4.78, 5) is 49.9. The number of unbranched alkanes of at least 4 members (excludes halogenated alkanes) is 1. The van der Waals surface area contributed by atoms with Crippen LogP contribution in [0.2, 0.25) is 0 Å². The van der Waals surface area contributed by atoms with Crippen molar-refractivity contribution < 1.29 is 24.3 Å². The van der Waals surface area contributed by atoms with E-state index in [2.05, 4.69) is 16.0 Å². The SMILES string of the molecule is CCC(C)C(N)C(=O)NC(CCSC)C(=O)NC(C(=O)NC(CCCCN)C(=O)O)C(C)C. The van der Waals surface area contributed by atoms with Crippen LogP contribution in [0.3, 0.4) is 0 Å². The topological polar surface area (TPSA) is 177 Å². The van der Waals surface area contributed by atoms with E-state index in [1.807, 2.05) is 20.1 Å². The Bertz CT molecular complexity index is 634. The van der Waals surface area contributed by atoms with Gasteiger partial charge in [0, 0.05) is 0 Å². The van der Waals surface area contributed by atoms with Gasteiger partial charge in [0.1, 0.15) is 18.1 Å². The minimum absolute atomic E-state index is 0.0457. The molecule has 3 amide bonds. The molecule has 0 saturated carbocycles. The number of amides is 3. The zero-order valence-corrected chi connectivity index (χ0v) is 21.4. The number of thioether (sulfide) groups is 1. The van der Waals surface area contributed by atoms with Gasteiger partial charge in [-0.05, 0) is 56.1 Å². The Morgan fingerprint density at radius 1 is 0.909 bits per heavy atom. The lowest BCUT2D eigenvalue weighted by molar-refractivity contribution is -0.142. The van der Waals surface area contributed by atoms with Crippen LogP contribution >= 0.6 is 11.8 Å². The highest BCUT2D eigenvalue weighted by atomic mass is 32.2. The predicted molar refractivity (Wildman–Crippen MR) is 132 cm³/mol. The van der Waals surface area contributed by atoms with Crippen LogP contribution in [0.4, 0.5) is 0 Å². The summed E-state index contributed by atoms with van der Waals surface area (Å²) in [5.74, 6) is -2.36. The molecule has 0 aliphatic carbocycles. The van der Waals surface area contributed by atoms with Crippen LogP contribution in [0.1, 0.15) is 59.8 Å². The van der Waals surface area contributed by atoms with Crippen molar-refractivity contribution in [2.24, 2.45) is 23.3 Å². The van der Waals surface area contributed by atoms with Crippen molar-refractivity contribution in [2.45, 2.75) is 84.0 Å². The summed E-state index contributed by atoms with van der Waals surface area (Å²) in [6.07, 6.45) is 4.45. The second-order valence-corrected chi connectivity index (χ2v) is 9.65. The molecule has 5 atom stereocenters. The van der Waals surface area contributed by atoms with E-state index in [1.165, 1.54) is 11.8 Å². The maximum absolute atomic E-state index is 13.0. The van der Waals surface area contributed by atoms with Crippen molar-refractivity contribution in [1.29, 1.82) is 0 Å². The van der Waals surface area contributed by atoms with Gasteiger partial charge in [0.2, 0.25) is 17.7 Å². The Hall–Kier alpha value is -1.85. The lowest BCUT2D eigenvalue weighted by atomic mass is 9.98. The molecule has 0 aliphatic rings. The fourth-order valence-electron chi connectivity index (χ4n) is 3.09. The number of hydrogen-bond donors (Lipinski definition) is 6. The first-order valence-electron chi connectivity index (χ1n) is 11.6. The number of nitrogens with two attached hydrogens (primary N) is 2. The number of carboxylic acids is 1. The van der Waals surface area contributed by atoms with E-state index >= 15 is 0 Å². The van der Waals surface area contributed by atoms with Crippen molar-refractivity contribution in [3.63, 3.8) is 0 Å². The molecule has 0 fully saturated rings.